The predicted octanol–water partition coefficient (Wildman–Crippen LogP) is 13.2. The van der Waals surface area contributed by atoms with Gasteiger partial charge in [-0.15, -0.1) is 11.3 Å². The molecule has 0 unspecified atom stereocenters. The van der Waals surface area contributed by atoms with E-state index in [2.05, 4.69) is 151 Å². The highest BCUT2D eigenvalue weighted by atomic mass is 32.1. The molecule has 1 heterocycles. The van der Waals surface area contributed by atoms with Gasteiger partial charge < -0.3 is 0 Å². The number of benzene rings is 7. The van der Waals surface area contributed by atoms with E-state index in [1.165, 1.54) is 108 Å². The Hall–Kier alpha value is -4.72. The quantitative estimate of drug-likeness (QED) is 0.171. The minimum atomic E-state index is -0.0966. The number of rotatable bonds is 2. The largest absolute Gasteiger partial charge is 0.135 e. The van der Waals surface area contributed by atoms with Crippen molar-refractivity contribution in [2.75, 3.05) is 0 Å². The molecule has 0 fully saturated rings. The lowest BCUT2D eigenvalue weighted by molar-refractivity contribution is 0.661. The summed E-state index contributed by atoms with van der Waals surface area (Å²) in [5.41, 5.74) is 16.1. The molecule has 0 aliphatic heterocycles. The molecule has 0 amide bonds. The molecule has 0 radical (unpaired) electrons. The van der Waals surface area contributed by atoms with Gasteiger partial charge in [0.15, 0.2) is 0 Å². The van der Waals surface area contributed by atoms with Crippen molar-refractivity contribution in [2.45, 2.75) is 47.0 Å². The molecule has 46 heavy (non-hydrogen) atoms. The van der Waals surface area contributed by atoms with Crippen LogP contribution < -0.4 is 0 Å². The van der Waals surface area contributed by atoms with Crippen molar-refractivity contribution in [3.63, 3.8) is 0 Å². The topological polar surface area (TPSA) is 0 Å². The summed E-state index contributed by atoms with van der Waals surface area (Å²) in [6, 6.07) is 41.8. The molecule has 222 valence electrons. The van der Waals surface area contributed by atoms with Crippen LogP contribution in [0.2, 0.25) is 0 Å². The van der Waals surface area contributed by atoms with E-state index < -0.39 is 0 Å². The minimum Gasteiger partial charge on any atom is -0.135 e. The van der Waals surface area contributed by atoms with Crippen molar-refractivity contribution < 1.29 is 0 Å². The molecule has 0 N–H and O–H groups in total. The van der Waals surface area contributed by atoms with Crippen LogP contribution in [0, 0.1) is 27.7 Å². The van der Waals surface area contributed by atoms with Crippen molar-refractivity contribution in [3.05, 3.63) is 143 Å². The van der Waals surface area contributed by atoms with Gasteiger partial charge in [0.1, 0.15) is 0 Å². The molecule has 0 bridgehead atoms. The summed E-state index contributed by atoms with van der Waals surface area (Å²) >= 11 is 1.97. The molecule has 1 aromatic heterocycles. The average molecular weight is 609 g/mol. The Morgan fingerprint density at radius 2 is 1.07 bits per heavy atom. The molecule has 9 rings (SSSR count). The lowest BCUT2D eigenvalue weighted by atomic mass is 9.80. The summed E-state index contributed by atoms with van der Waals surface area (Å²) in [5.74, 6) is 0. The highest BCUT2D eigenvalue weighted by Gasteiger charge is 2.37. The van der Waals surface area contributed by atoms with Crippen LogP contribution in [0.5, 0.6) is 0 Å². The van der Waals surface area contributed by atoms with Crippen molar-refractivity contribution in [2.24, 2.45) is 0 Å². The lowest BCUT2D eigenvalue weighted by Gasteiger charge is -2.23. The first-order chi connectivity index (χ1) is 22.2. The first-order valence-electron chi connectivity index (χ1n) is 16.3. The second-order valence-corrected chi connectivity index (χ2v) is 15.1. The van der Waals surface area contributed by atoms with Crippen LogP contribution in [0.3, 0.4) is 0 Å². The summed E-state index contributed by atoms with van der Waals surface area (Å²) in [6.45, 7) is 13.7. The first kappa shape index (κ1) is 27.6. The van der Waals surface area contributed by atoms with Gasteiger partial charge in [-0.25, -0.2) is 0 Å². The van der Waals surface area contributed by atoms with E-state index >= 15 is 0 Å². The SMILES string of the molecule is Cc1cc(C)cc(-c2c3ccccc3c(-c3ccc4c(c3)C(C)(C)c3ccc5c(sc6cc(C)cc(C)c65)c3-4)c3ccccc23)c1. The zero-order chi connectivity index (χ0) is 31.5. The standard InChI is InChI=1S/C45H36S/c1-25-19-26(2)22-30(21-25)42-33-13-9-7-11-31(33)41(32-12-8-10-14-34(32)42)29-15-16-35-38(24-29)45(5,6)37-18-17-36-40-28(4)20-27(3)23-39(40)46-44(36)43(35)37/h7-24H,1-6H3. The Bertz CT molecular complexity index is 2510. The second kappa shape index (κ2) is 9.64. The van der Waals surface area contributed by atoms with Crippen LogP contribution in [-0.2, 0) is 5.41 Å². The summed E-state index contributed by atoms with van der Waals surface area (Å²) in [5, 5.41) is 8.03. The molecule has 1 aliphatic rings. The van der Waals surface area contributed by atoms with Crippen LogP contribution in [0.1, 0.15) is 47.2 Å². The fourth-order valence-electron chi connectivity index (χ4n) is 8.59. The van der Waals surface area contributed by atoms with Gasteiger partial charge in [0.05, 0.1) is 0 Å². The van der Waals surface area contributed by atoms with Crippen LogP contribution in [0.4, 0.5) is 0 Å². The van der Waals surface area contributed by atoms with E-state index in [9.17, 15) is 0 Å². The highest BCUT2D eigenvalue weighted by Crippen LogP contribution is 2.55. The van der Waals surface area contributed by atoms with E-state index in [1.807, 2.05) is 11.3 Å². The van der Waals surface area contributed by atoms with E-state index in [0.29, 0.717) is 0 Å². The van der Waals surface area contributed by atoms with Gasteiger partial charge in [0.2, 0.25) is 0 Å². The maximum absolute atomic E-state index is 2.51. The van der Waals surface area contributed by atoms with Crippen LogP contribution >= 0.6 is 11.3 Å². The van der Waals surface area contributed by atoms with Crippen molar-refractivity contribution in [1.29, 1.82) is 0 Å². The Morgan fingerprint density at radius 3 is 1.70 bits per heavy atom. The maximum Gasteiger partial charge on any atom is 0.0437 e. The normalized spacial score (nSPS) is 13.6. The molecule has 0 atom stereocenters. The number of fused-ring (bicyclic) bond motifs is 9. The van der Waals surface area contributed by atoms with Crippen molar-refractivity contribution >= 4 is 53.1 Å². The Morgan fingerprint density at radius 1 is 0.478 bits per heavy atom. The third kappa shape index (κ3) is 3.79. The molecule has 1 aliphatic carbocycles. The fourth-order valence-corrected chi connectivity index (χ4v) is 10.0. The number of hydrogen-bond acceptors (Lipinski definition) is 1. The summed E-state index contributed by atoms with van der Waals surface area (Å²) in [4.78, 5) is 0. The molecule has 0 saturated heterocycles. The molecular formula is C45H36S. The predicted molar refractivity (Wildman–Crippen MR) is 202 cm³/mol. The van der Waals surface area contributed by atoms with E-state index in [-0.39, 0.29) is 5.41 Å². The van der Waals surface area contributed by atoms with Gasteiger partial charge >= 0.3 is 0 Å². The van der Waals surface area contributed by atoms with Crippen LogP contribution in [0.25, 0.3) is 75.1 Å². The molecule has 0 spiro atoms. The van der Waals surface area contributed by atoms with Crippen molar-refractivity contribution in [1.82, 2.24) is 0 Å². The van der Waals surface area contributed by atoms with Crippen LogP contribution in [0.15, 0.2) is 109 Å². The third-order valence-electron chi connectivity index (χ3n) is 10.4. The van der Waals surface area contributed by atoms with Gasteiger partial charge in [-0.05, 0) is 111 Å². The average Bonchev–Trinajstić information content (AvgIpc) is 3.51. The molecular weight excluding hydrogens is 573 g/mol. The van der Waals surface area contributed by atoms with E-state index in [4.69, 9.17) is 0 Å². The van der Waals surface area contributed by atoms with Gasteiger partial charge in [-0.1, -0.05) is 122 Å². The highest BCUT2D eigenvalue weighted by molar-refractivity contribution is 7.26. The monoisotopic (exact) mass is 608 g/mol. The first-order valence-corrected chi connectivity index (χ1v) is 17.2. The molecule has 7 aromatic carbocycles. The number of aryl methyl sites for hydroxylation is 4. The van der Waals surface area contributed by atoms with Crippen LogP contribution in [-0.4, -0.2) is 0 Å². The molecule has 8 aromatic rings. The summed E-state index contributed by atoms with van der Waals surface area (Å²) in [7, 11) is 0. The molecule has 0 saturated carbocycles. The summed E-state index contributed by atoms with van der Waals surface area (Å²) < 4.78 is 2.82. The second-order valence-electron chi connectivity index (χ2n) is 14.0. The Labute approximate surface area is 275 Å². The Kier molecular flexibility index (Phi) is 5.78. The lowest BCUT2D eigenvalue weighted by Crippen LogP contribution is -2.15. The van der Waals surface area contributed by atoms with E-state index in [0.717, 1.165) is 0 Å². The third-order valence-corrected chi connectivity index (χ3v) is 11.6. The van der Waals surface area contributed by atoms with Gasteiger partial charge in [-0.2, -0.15) is 0 Å². The molecule has 1 heteroatoms. The Balaban J connectivity index is 1.33. The van der Waals surface area contributed by atoms with Gasteiger partial charge in [0.25, 0.3) is 0 Å². The smallest absolute Gasteiger partial charge is 0.0437 e. The minimum absolute atomic E-state index is 0.0966. The maximum atomic E-state index is 2.51. The van der Waals surface area contributed by atoms with E-state index in [1.54, 1.807) is 0 Å². The van der Waals surface area contributed by atoms with Gasteiger partial charge in [0, 0.05) is 31.2 Å². The fraction of sp³-hybridized carbons (Fsp3) is 0.156. The summed E-state index contributed by atoms with van der Waals surface area (Å²) in [6.07, 6.45) is 0. The number of thiophene rings is 1. The number of hydrogen-bond donors (Lipinski definition) is 0. The van der Waals surface area contributed by atoms with Gasteiger partial charge in [-0.3, -0.25) is 0 Å². The molecule has 0 nitrogen and oxygen atoms in total. The zero-order valence-electron chi connectivity index (χ0n) is 27.3. The van der Waals surface area contributed by atoms with Crippen molar-refractivity contribution in [3.8, 4) is 33.4 Å². The zero-order valence-corrected chi connectivity index (χ0v) is 28.1.